The molecule has 0 bridgehead atoms. The number of halogens is 1. The van der Waals surface area contributed by atoms with E-state index in [1.54, 1.807) is 0 Å². The Hall–Kier alpha value is -0.310. The van der Waals surface area contributed by atoms with Crippen molar-refractivity contribution in [3.8, 4) is 6.07 Å². The maximum absolute atomic E-state index is 10.6. The van der Waals surface area contributed by atoms with Crippen molar-refractivity contribution < 1.29 is 8.42 Å². The van der Waals surface area contributed by atoms with Gasteiger partial charge < -0.3 is 5.32 Å². The molecule has 1 rings (SSSR count). The van der Waals surface area contributed by atoms with Gasteiger partial charge in [0.2, 0.25) is 9.05 Å². The summed E-state index contributed by atoms with van der Waals surface area (Å²) in [5.74, 6) is -0.121. The quantitative estimate of drug-likeness (QED) is 0.666. The highest BCUT2D eigenvalue weighted by Gasteiger charge is 2.37. The first-order valence-corrected chi connectivity index (χ1v) is 6.00. The first kappa shape index (κ1) is 9.78. The monoisotopic (exact) mass is 208 g/mol. The van der Waals surface area contributed by atoms with Crippen molar-refractivity contribution in [2.75, 3.05) is 18.8 Å². The van der Waals surface area contributed by atoms with Crippen molar-refractivity contribution in [3.63, 3.8) is 0 Å². The van der Waals surface area contributed by atoms with Crippen molar-refractivity contribution in [1.29, 1.82) is 5.26 Å². The molecule has 4 nitrogen and oxygen atoms in total. The number of nitrogens with zero attached hydrogens (tertiary/aromatic N) is 1. The standard InChI is InChI=1S/C6H9ClN2O2S/c7-12(10,11)2-1-6(3-8)4-9-5-6/h9H,1-2,4-5H2. The lowest BCUT2D eigenvalue weighted by molar-refractivity contribution is 0.242. The fourth-order valence-corrected chi connectivity index (χ4v) is 1.92. The van der Waals surface area contributed by atoms with E-state index < -0.39 is 14.5 Å². The molecule has 0 saturated carbocycles. The molecule has 6 heteroatoms. The fraction of sp³-hybridized carbons (Fsp3) is 0.833. The van der Waals surface area contributed by atoms with Crippen LogP contribution in [0.1, 0.15) is 6.42 Å². The van der Waals surface area contributed by atoms with Crippen LogP contribution in [-0.4, -0.2) is 27.3 Å². The van der Waals surface area contributed by atoms with Crippen molar-refractivity contribution >= 4 is 19.7 Å². The lowest BCUT2D eigenvalue weighted by Gasteiger charge is -2.35. The number of rotatable bonds is 3. The summed E-state index contributed by atoms with van der Waals surface area (Å²) in [6, 6.07) is 2.10. The van der Waals surface area contributed by atoms with E-state index in [9.17, 15) is 8.42 Å². The maximum atomic E-state index is 10.6. The van der Waals surface area contributed by atoms with Gasteiger partial charge >= 0.3 is 0 Å². The lowest BCUT2D eigenvalue weighted by Crippen LogP contribution is -2.53. The molecule has 1 saturated heterocycles. The Balaban J connectivity index is 2.47. The fourth-order valence-electron chi connectivity index (χ4n) is 1.06. The summed E-state index contributed by atoms with van der Waals surface area (Å²) in [4.78, 5) is 0. The van der Waals surface area contributed by atoms with Crippen molar-refractivity contribution in [2.24, 2.45) is 5.41 Å². The summed E-state index contributed by atoms with van der Waals surface area (Å²) in [6.07, 6.45) is 0.322. The Labute approximate surface area is 75.9 Å². The number of hydrogen-bond acceptors (Lipinski definition) is 4. The number of nitrogens with one attached hydrogen (secondary N) is 1. The van der Waals surface area contributed by atoms with Crippen molar-refractivity contribution in [3.05, 3.63) is 0 Å². The van der Waals surface area contributed by atoms with Crippen LogP contribution in [0.25, 0.3) is 0 Å². The Morgan fingerprint density at radius 3 is 2.42 bits per heavy atom. The SMILES string of the molecule is N#CC1(CCS(=O)(=O)Cl)CNC1. The predicted molar refractivity (Wildman–Crippen MR) is 45.2 cm³/mol. The number of nitriles is 1. The molecule has 1 N–H and O–H groups in total. The highest BCUT2D eigenvalue weighted by Crippen LogP contribution is 2.26. The Morgan fingerprint density at radius 2 is 2.17 bits per heavy atom. The average Bonchev–Trinajstić information content (AvgIpc) is 1.84. The van der Waals surface area contributed by atoms with Crippen LogP contribution in [0.3, 0.4) is 0 Å². The van der Waals surface area contributed by atoms with Gasteiger partial charge in [-0.3, -0.25) is 0 Å². The van der Waals surface area contributed by atoms with Crippen molar-refractivity contribution in [1.82, 2.24) is 5.32 Å². The van der Waals surface area contributed by atoms with Gasteiger partial charge in [0.25, 0.3) is 0 Å². The topological polar surface area (TPSA) is 70.0 Å². The summed E-state index contributed by atoms with van der Waals surface area (Å²) in [6.45, 7) is 1.13. The molecular weight excluding hydrogens is 200 g/mol. The van der Waals surface area contributed by atoms with Crippen LogP contribution < -0.4 is 5.32 Å². The van der Waals surface area contributed by atoms with Gasteiger partial charge in [-0.25, -0.2) is 8.42 Å². The molecule has 0 amide bonds. The smallest absolute Gasteiger partial charge is 0.232 e. The average molecular weight is 209 g/mol. The van der Waals surface area contributed by atoms with Crippen molar-refractivity contribution in [2.45, 2.75) is 6.42 Å². The first-order chi connectivity index (χ1) is 5.47. The van der Waals surface area contributed by atoms with Gasteiger partial charge in [0, 0.05) is 23.8 Å². The molecule has 0 spiro atoms. The minimum atomic E-state index is -3.45. The second-order valence-electron chi connectivity index (χ2n) is 2.99. The maximum Gasteiger partial charge on any atom is 0.232 e. The van der Waals surface area contributed by atoms with Crippen LogP contribution in [0.2, 0.25) is 0 Å². The second-order valence-corrected chi connectivity index (χ2v) is 5.89. The van der Waals surface area contributed by atoms with Crippen LogP contribution in [0.5, 0.6) is 0 Å². The molecule has 1 aliphatic heterocycles. The van der Waals surface area contributed by atoms with Crippen LogP contribution in [0.15, 0.2) is 0 Å². The zero-order valence-corrected chi connectivity index (χ0v) is 7.95. The normalized spacial score (nSPS) is 21.0. The molecule has 0 atom stereocenters. The molecule has 0 aromatic carbocycles. The molecule has 1 heterocycles. The minimum absolute atomic E-state index is 0.121. The van der Waals surface area contributed by atoms with Gasteiger partial charge in [-0.2, -0.15) is 5.26 Å². The largest absolute Gasteiger partial charge is 0.313 e. The molecular formula is C6H9ClN2O2S. The molecule has 0 unspecified atom stereocenters. The second kappa shape index (κ2) is 3.21. The van der Waals surface area contributed by atoms with Crippen LogP contribution in [0.4, 0.5) is 0 Å². The predicted octanol–water partition coefficient (Wildman–Crippen LogP) is 0.0583. The van der Waals surface area contributed by atoms with Crippen LogP contribution in [0, 0.1) is 16.7 Å². The third-order valence-electron chi connectivity index (χ3n) is 1.99. The summed E-state index contributed by atoms with van der Waals surface area (Å²) in [7, 11) is 1.57. The Bertz CT molecular complexity index is 302. The summed E-state index contributed by atoms with van der Waals surface area (Å²) in [5, 5.41) is 11.6. The molecule has 12 heavy (non-hydrogen) atoms. The minimum Gasteiger partial charge on any atom is -0.313 e. The van der Waals surface area contributed by atoms with Gasteiger partial charge in [-0.1, -0.05) is 0 Å². The van der Waals surface area contributed by atoms with E-state index in [2.05, 4.69) is 11.4 Å². The van der Waals surface area contributed by atoms with Gasteiger partial charge in [0.15, 0.2) is 0 Å². The highest BCUT2D eigenvalue weighted by molar-refractivity contribution is 8.13. The third-order valence-corrected chi connectivity index (χ3v) is 3.14. The molecule has 1 fully saturated rings. The van der Waals surface area contributed by atoms with Gasteiger partial charge in [-0.05, 0) is 6.42 Å². The first-order valence-electron chi connectivity index (χ1n) is 3.52. The van der Waals surface area contributed by atoms with E-state index in [1.165, 1.54) is 0 Å². The molecule has 0 aromatic rings. The van der Waals surface area contributed by atoms with Gasteiger partial charge in [0.1, 0.15) is 0 Å². The van der Waals surface area contributed by atoms with E-state index >= 15 is 0 Å². The van der Waals surface area contributed by atoms with E-state index in [1.807, 2.05) is 0 Å². The summed E-state index contributed by atoms with van der Waals surface area (Å²) >= 11 is 0. The number of hydrogen-bond donors (Lipinski definition) is 1. The molecule has 1 aliphatic rings. The van der Waals surface area contributed by atoms with E-state index in [-0.39, 0.29) is 5.75 Å². The van der Waals surface area contributed by atoms with Crippen LogP contribution >= 0.6 is 10.7 Å². The zero-order valence-electron chi connectivity index (χ0n) is 6.38. The zero-order chi connectivity index (χ0) is 9.24. The molecule has 68 valence electrons. The van der Waals surface area contributed by atoms with E-state index in [4.69, 9.17) is 15.9 Å². The summed E-state index contributed by atoms with van der Waals surface area (Å²) < 4.78 is 21.1. The van der Waals surface area contributed by atoms with Gasteiger partial charge in [0.05, 0.1) is 17.2 Å². The third kappa shape index (κ3) is 2.34. The van der Waals surface area contributed by atoms with Crippen LogP contribution in [-0.2, 0) is 9.05 Å². The highest BCUT2D eigenvalue weighted by atomic mass is 35.7. The van der Waals surface area contributed by atoms with Gasteiger partial charge in [-0.15, -0.1) is 0 Å². The Morgan fingerprint density at radius 1 is 1.58 bits per heavy atom. The van der Waals surface area contributed by atoms with E-state index in [0.717, 1.165) is 0 Å². The lowest BCUT2D eigenvalue weighted by atomic mass is 9.81. The van der Waals surface area contributed by atoms with E-state index in [0.29, 0.717) is 19.5 Å². The molecule has 0 aromatic heterocycles. The molecule has 0 radical (unpaired) electrons. The summed E-state index contributed by atoms with van der Waals surface area (Å²) in [5.41, 5.74) is -0.498. The Kier molecular flexibility index (Phi) is 2.61. The molecule has 0 aliphatic carbocycles.